The maximum Gasteiger partial charge on any atom is 0.129 e. The summed E-state index contributed by atoms with van der Waals surface area (Å²) in [5.41, 5.74) is 4.41. The summed E-state index contributed by atoms with van der Waals surface area (Å²) in [6.07, 6.45) is 6.97. The molecule has 0 amide bonds. The van der Waals surface area contributed by atoms with Crippen molar-refractivity contribution in [2.75, 3.05) is 0 Å². The molecule has 0 saturated carbocycles. The number of nitrogens with zero attached hydrogens (tertiary/aromatic N) is 3. The molecule has 3 aromatic rings. The van der Waals surface area contributed by atoms with Crippen molar-refractivity contribution in [3.05, 3.63) is 77.4 Å². The van der Waals surface area contributed by atoms with Crippen molar-refractivity contribution in [3.63, 3.8) is 0 Å². The number of amidine groups is 1. The summed E-state index contributed by atoms with van der Waals surface area (Å²) in [6.45, 7) is 1.77. The molecule has 1 aliphatic rings. The lowest BCUT2D eigenvalue weighted by atomic mass is 9.92. The quantitative estimate of drug-likeness (QED) is 0.691. The summed E-state index contributed by atoms with van der Waals surface area (Å²) in [5, 5.41) is 11.2. The van der Waals surface area contributed by atoms with Crippen molar-refractivity contribution in [2.45, 2.75) is 19.4 Å². The Balaban J connectivity index is 1.72. The summed E-state index contributed by atoms with van der Waals surface area (Å²) in [4.78, 5) is 12.4. The van der Waals surface area contributed by atoms with Gasteiger partial charge in [0.05, 0.1) is 17.3 Å². The standard InChI is InChI=1S/C21H16FN5/c1-2-3-13-6-15(10-24-9-13)14-4-5-18(22)16(7-14)20-8-19-17(21(23)27-20)11-25-12-26-19/h4-7,9-12,20H,8H2,1H3,(H2,23,27). The zero-order valence-electron chi connectivity index (χ0n) is 14.6. The second-order valence-corrected chi connectivity index (χ2v) is 6.23. The van der Waals surface area contributed by atoms with Crippen LogP contribution in [-0.4, -0.2) is 20.8 Å². The highest BCUT2D eigenvalue weighted by atomic mass is 19.1. The van der Waals surface area contributed by atoms with Crippen LogP contribution in [0, 0.1) is 23.1 Å². The van der Waals surface area contributed by atoms with Gasteiger partial charge in [0.15, 0.2) is 0 Å². The SMILES string of the molecule is CC#Cc1cncc(-c2ccc(F)c(C3Cc4ncncc4C(=N)N3)c2)c1. The molecule has 0 aliphatic carbocycles. The van der Waals surface area contributed by atoms with Crippen molar-refractivity contribution in [1.82, 2.24) is 20.3 Å². The molecular weight excluding hydrogens is 341 g/mol. The van der Waals surface area contributed by atoms with Gasteiger partial charge in [-0.3, -0.25) is 10.4 Å². The van der Waals surface area contributed by atoms with E-state index in [-0.39, 0.29) is 17.7 Å². The number of nitrogens with one attached hydrogen (secondary N) is 2. The topological polar surface area (TPSA) is 74.5 Å². The smallest absolute Gasteiger partial charge is 0.129 e. The Labute approximate surface area is 156 Å². The van der Waals surface area contributed by atoms with Crippen LogP contribution in [0.1, 0.15) is 35.3 Å². The lowest BCUT2D eigenvalue weighted by Crippen LogP contribution is -2.36. The van der Waals surface area contributed by atoms with Crippen LogP contribution in [-0.2, 0) is 6.42 Å². The molecule has 0 spiro atoms. The third-order valence-corrected chi connectivity index (χ3v) is 4.49. The Morgan fingerprint density at radius 2 is 2.04 bits per heavy atom. The number of halogens is 1. The van der Waals surface area contributed by atoms with Crippen LogP contribution in [0.4, 0.5) is 4.39 Å². The molecule has 132 valence electrons. The molecule has 1 atom stereocenters. The number of rotatable bonds is 2. The Morgan fingerprint density at radius 3 is 2.89 bits per heavy atom. The molecule has 27 heavy (non-hydrogen) atoms. The van der Waals surface area contributed by atoms with E-state index >= 15 is 0 Å². The van der Waals surface area contributed by atoms with Gasteiger partial charge in [0.1, 0.15) is 18.0 Å². The van der Waals surface area contributed by atoms with Crippen LogP contribution >= 0.6 is 0 Å². The number of fused-ring (bicyclic) bond motifs is 1. The van der Waals surface area contributed by atoms with Crippen LogP contribution in [0.3, 0.4) is 0 Å². The van der Waals surface area contributed by atoms with Gasteiger partial charge in [-0.2, -0.15) is 0 Å². The van der Waals surface area contributed by atoms with E-state index in [1.165, 1.54) is 12.4 Å². The molecule has 5 nitrogen and oxygen atoms in total. The Hall–Kier alpha value is -3.59. The molecule has 1 aliphatic heterocycles. The molecule has 4 rings (SSSR count). The number of hydrogen-bond acceptors (Lipinski definition) is 4. The zero-order chi connectivity index (χ0) is 18.8. The third-order valence-electron chi connectivity index (χ3n) is 4.49. The van der Waals surface area contributed by atoms with E-state index in [9.17, 15) is 4.39 Å². The van der Waals surface area contributed by atoms with Crippen molar-refractivity contribution >= 4 is 5.84 Å². The van der Waals surface area contributed by atoms with E-state index in [1.54, 1.807) is 37.6 Å². The van der Waals surface area contributed by atoms with E-state index in [4.69, 9.17) is 5.41 Å². The second kappa shape index (κ2) is 6.96. The van der Waals surface area contributed by atoms with Crippen molar-refractivity contribution in [3.8, 4) is 23.0 Å². The van der Waals surface area contributed by atoms with Gasteiger partial charge in [0, 0.05) is 41.7 Å². The first kappa shape index (κ1) is 16.9. The fraction of sp³-hybridized carbons (Fsp3) is 0.143. The first-order valence-corrected chi connectivity index (χ1v) is 8.47. The highest BCUT2D eigenvalue weighted by Gasteiger charge is 2.26. The fourth-order valence-electron chi connectivity index (χ4n) is 3.21. The van der Waals surface area contributed by atoms with Gasteiger partial charge in [0.2, 0.25) is 0 Å². The molecule has 2 aromatic heterocycles. The number of pyridine rings is 1. The number of hydrogen-bond donors (Lipinski definition) is 2. The second-order valence-electron chi connectivity index (χ2n) is 6.23. The van der Waals surface area contributed by atoms with Gasteiger partial charge in [-0.15, -0.1) is 5.92 Å². The van der Waals surface area contributed by atoms with Crippen LogP contribution in [0.2, 0.25) is 0 Å². The van der Waals surface area contributed by atoms with Crippen LogP contribution < -0.4 is 5.32 Å². The summed E-state index contributed by atoms with van der Waals surface area (Å²) in [6, 6.07) is 6.53. The first-order valence-electron chi connectivity index (χ1n) is 8.47. The van der Waals surface area contributed by atoms with E-state index in [0.717, 1.165) is 22.4 Å². The van der Waals surface area contributed by atoms with Crippen LogP contribution in [0.25, 0.3) is 11.1 Å². The number of aromatic nitrogens is 3. The molecule has 0 radical (unpaired) electrons. The Kier molecular flexibility index (Phi) is 4.35. The van der Waals surface area contributed by atoms with Crippen molar-refractivity contribution in [1.29, 1.82) is 5.41 Å². The molecule has 3 heterocycles. The van der Waals surface area contributed by atoms with E-state index in [2.05, 4.69) is 32.1 Å². The Morgan fingerprint density at radius 1 is 1.15 bits per heavy atom. The van der Waals surface area contributed by atoms with Crippen molar-refractivity contribution in [2.24, 2.45) is 0 Å². The first-order chi connectivity index (χ1) is 13.2. The normalized spacial score (nSPS) is 15.3. The summed E-state index contributed by atoms with van der Waals surface area (Å²) < 4.78 is 14.6. The molecule has 1 unspecified atom stereocenters. The predicted octanol–water partition coefficient (Wildman–Crippen LogP) is 3.26. The monoisotopic (exact) mass is 357 g/mol. The van der Waals surface area contributed by atoms with E-state index in [0.29, 0.717) is 17.5 Å². The van der Waals surface area contributed by atoms with Crippen LogP contribution in [0.15, 0.2) is 49.2 Å². The van der Waals surface area contributed by atoms with E-state index in [1.807, 2.05) is 6.07 Å². The van der Waals surface area contributed by atoms with Gasteiger partial charge in [0.25, 0.3) is 0 Å². The summed E-state index contributed by atoms with van der Waals surface area (Å²) >= 11 is 0. The highest BCUT2D eigenvalue weighted by Crippen LogP contribution is 2.30. The number of benzene rings is 1. The average molecular weight is 357 g/mol. The van der Waals surface area contributed by atoms with Gasteiger partial charge >= 0.3 is 0 Å². The van der Waals surface area contributed by atoms with Crippen LogP contribution in [0.5, 0.6) is 0 Å². The fourth-order valence-corrected chi connectivity index (χ4v) is 3.21. The maximum atomic E-state index is 14.6. The molecule has 6 heteroatoms. The summed E-state index contributed by atoms with van der Waals surface area (Å²) in [7, 11) is 0. The molecular formula is C21H16FN5. The largest absolute Gasteiger partial charge is 0.363 e. The van der Waals surface area contributed by atoms with Gasteiger partial charge < -0.3 is 5.32 Å². The third kappa shape index (κ3) is 3.27. The summed E-state index contributed by atoms with van der Waals surface area (Å²) in [5.74, 6) is 5.72. The molecule has 2 N–H and O–H groups in total. The van der Waals surface area contributed by atoms with Gasteiger partial charge in [-0.1, -0.05) is 12.0 Å². The van der Waals surface area contributed by atoms with Crippen molar-refractivity contribution < 1.29 is 4.39 Å². The molecule has 0 saturated heterocycles. The zero-order valence-corrected chi connectivity index (χ0v) is 14.6. The minimum atomic E-state index is -0.369. The molecule has 0 fully saturated rings. The maximum absolute atomic E-state index is 14.6. The Bertz CT molecular complexity index is 1100. The lowest BCUT2D eigenvalue weighted by Gasteiger charge is -2.27. The molecule has 1 aromatic carbocycles. The van der Waals surface area contributed by atoms with Gasteiger partial charge in [-0.05, 0) is 30.7 Å². The highest BCUT2D eigenvalue weighted by molar-refractivity contribution is 5.98. The van der Waals surface area contributed by atoms with Gasteiger partial charge in [-0.25, -0.2) is 14.4 Å². The molecule has 0 bridgehead atoms. The minimum Gasteiger partial charge on any atom is -0.363 e. The average Bonchev–Trinajstić information content (AvgIpc) is 2.69. The lowest BCUT2D eigenvalue weighted by molar-refractivity contribution is 0.545. The minimum absolute atomic E-state index is 0.202. The predicted molar refractivity (Wildman–Crippen MR) is 101 cm³/mol. The van der Waals surface area contributed by atoms with E-state index < -0.39 is 0 Å².